The van der Waals surface area contributed by atoms with Crippen LogP contribution < -0.4 is 9.47 Å². The van der Waals surface area contributed by atoms with Crippen molar-refractivity contribution < 1.29 is 19.0 Å². The molecule has 172 valence electrons. The van der Waals surface area contributed by atoms with Crippen LogP contribution in [0.3, 0.4) is 0 Å². The summed E-state index contributed by atoms with van der Waals surface area (Å²) in [5.74, 6) is 0.710. The number of aliphatic imine (C=N–C) groups is 1. The lowest BCUT2D eigenvalue weighted by atomic mass is 9.94. The van der Waals surface area contributed by atoms with E-state index < -0.39 is 12.0 Å². The van der Waals surface area contributed by atoms with Crippen LogP contribution in [0.4, 0.5) is 0 Å². The van der Waals surface area contributed by atoms with Crippen molar-refractivity contribution in [1.82, 2.24) is 4.90 Å². The number of thioether (sulfide) groups is 1. The van der Waals surface area contributed by atoms with Crippen molar-refractivity contribution in [2.24, 2.45) is 4.99 Å². The van der Waals surface area contributed by atoms with E-state index >= 15 is 0 Å². The van der Waals surface area contributed by atoms with Gasteiger partial charge in [-0.2, -0.15) is 0 Å². The Hall–Kier alpha value is -2.42. The Morgan fingerprint density at radius 2 is 2.06 bits per heavy atom. The molecule has 0 saturated carbocycles. The fourth-order valence-corrected chi connectivity index (χ4v) is 5.20. The summed E-state index contributed by atoms with van der Waals surface area (Å²) in [5, 5.41) is 3.38. The number of carbonyl (C=O) groups excluding carboxylic acids is 1. The van der Waals surface area contributed by atoms with Gasteiger partial charge in [0.1, 0.15) is 6.61 Å². The smallest absolute Gasteiger partial charge is 0.338 e. The van der Waals surface area contributed by atoms with E-state index in [0.717, 1.165) is 20.8 Å². The van der Waals surface area contributed by atoms with Crippen molar-refractivity contribution in [2.75, 3.05) is 13.7 Å². The Morgan fingerprint density at radius 1 is 1.27 bits per heavy atom. The van der Waals surface area contributed by atoms with Crippen LogP contribution in [-0.4, -0.2) is 29.8 Å². The van der Waals surface area contributed by atoms with Gasteiger partial charge in [-0.1, -0.05) is 57.5 Å². The van der Waals surface area contributed by atoms with Crippen molar-refractivity contribution in [3.8, 4) is 11.5 Å². The topological polar surface area (TPSA) is 60.4 Å². The predicted molar refractivity (Wildman–Crippen MR) is 135 cm³/mol. The van der Waals surface area contributed by atoms with Gasteiger partial charge in [0, 0.05) is 21.3 Å². The number of rotatable bonds is 7. The number of nitrogens with zero attached hydrogens (tertiary/aromatic N) is 2. The molecule has 0 saturated heterocycles. The van der Waals surface area contributed by atoms with Crippen LogP contribution in [0.5, 0.6) is 11.5 Å². The average molecular weight is 550 g/mol. The number of hydrogen-bond donors (Lipinski definition) is 0. The van der Waals surface area contributed by atoms with Crippen LogP contribution >= 0.6 is 39.3 Å². The molecule has 9 heteroatoms. The van der Waals surface area contributed by atoms with Gasteiger partial charge < -0.3 is 19.1 Å². The van der Waals surface area contributed by atoms with Crippen molar-refractivity contribution in [3.63, 3.8) is 0 Å². The molecular formula is C24H22BrClN2O4S. The van der Waals surface area contributed by atoms with Gasteiger partial charge in [-0.15, -0.1) is 0 Å². The third-order valence-corrected chi connectivity index (χ3v) is 7.06. The highest BCUT2D eigenvalue weighted by molar-refractivity contribution is 9.10. The maximum atomic E-state index is 12.9. The molecule has 2 heterocycles. The number of ether oxygens (including phenoxy) is 3. The minimum Gasteiger partial charge on any atom is -0.493 e. The molecule has 1 atom stereocenters. The van der Waals surface area contributed by atoms with E-state index in [-0.39, 0.29) is 6.61 Å². The molecule has 0 spiro atoms. The van der Waals surface area contributed by atoms with Gasteiger partial charge >= 0.3 is 5.97 Å². The number of hydrogen-bond acceptors (Lipinski definition) is 7. The molecule has 2 aliphatic heterocycles. The van der Waals surface area contributed by atoms with E-state index in [1.807, 2.05) is 59.8 Å². The molecule has 0 radical (unpaired) electrons. The number of benzene rings is 2. The summed E-state index contributed by atoms with van der Waals surface area (Å²) in [6.07, 6.45) is 1.92. The molecule has 2 aromatic rings. The van der Waals surface area contributed by atoms with Crippen LogP contribution in [0.1, 0.15) is 31.0 Å². The van der Waals surface area contributed by atoms with Gasteiger partial charge in [-0.25, -0.2) is 9.79 Å². The van der Waals surface area contributed by atoms with E-state index in [4.69, 9.17) is 25.8 Å². The number of esters is 1. The van der Waals surface area contributed by atoms with Crippen LogP contribution in [0, 0.1) is 0 Å². The third-order valence-electron chi connectivity index (χ3n) is 5.23. The highest BCUT2D eigenvalue weighted by Crippen LogP contribution is 2.46. The van der Waals surface area contributed by atoms with E-state index in [1.165, 1.54) is 11.8 Å². The van der Waals surface area contributed by atoms with E-state index in [9.17, 15) is 4.79 Å². The lowest BCUT2D eigenvalue weighted by Crippen LogP contribution is -2.34. The first-order valence-corrected chi connectivity index (χ1v) is 12.3. The molecule has 0 amide bonds. The van der Waals surface area contributed by atoms with Crippen molar-refractivity contribution in [3.05, 3.63) is 79.9 Å². The van der Waals surface area contributed by atoms with Crippen molar-refractivity contribution in [1.29, 1.82) is 0 Å². The molecule has 2 aromatic carbocycles. The fraction of sp³-hybridized carbons (Fsp3) is 0.250. The average Bonchev–Trinajstić information content (AvgIpc) is 3.26. The van der Waals surface area contributed by atoms with Crippen LogP contribution in [-0.2, 0) is 16.1 Å². The Labute approximate surface area is 210 Å². The summed E-state index contributed by atoms with van der Waals surface area (Å²) in [5.41, 5.74) is 2.82. The summed E-state index contributed by atoms with van der Waals surface area (Å²) in [6.45, 7) is 4.19. The van der Waals surface area contributed by atoms with Gasteiger partial charge in [0.15, 0.2) is 16.7 Å². The molecule has 0 unspecified atom stereocenters. The first kappa shape index (κ1) is 23.7. The highest BCUT2D eigenvalue weighted by atomic mass is 79.9. The van der Waals surface area contributed by atoms with E-state index in [0.29, 0.717) is 34.4 Å². The zero-order valence-corrected chi connectivity index (χ0v) is 21.5. The molecule has 6 nitrogen and oxygen atoms in total. The summed E-state index contributed by atoms with van der Waals surface area (Å²) >= 11 is 11.5. The Kier molecular flexibility index (Phi) is 7.36. The lowest BCUT2D eigenvalue weighted by Gasteiger charge is -2.34. The van der Waals surface area contributed by atoms with Gasteiger partial charge in [-0.3, -0.25) is 0 Å². The van der Waals surface area contributed by atoms with Crippen LogP contribution in [0.25, 0.3) is 0 Å². The van der Waals surface area contributed by atoms with Gasteiger partial charge in [0.25, 0.3) is 0 Å². The second-order valence-electron chi connectivity index (χ2n) is 7.23. The summed E-state index contributed by atoms with van der Waals surface area (Å²) in [6, 6.07) is 10.8. The van der Waals surface area contributed by atoms with Crippen LogP contribution in [0.15, 0.2) is 68.7 Å². The molecule has 0 aliphatic carbocycles. The fourth-order valence-electron chi connectivity index (χ4n) is 3.68. The first-order chi connectivity index (χ1) is 15.9. The molecule has 0 fully saturated rings. The molecule has 0 aromatic heterocycles. The summed E-state index contributed by atoms with van der Waals surface area (Å²) in [4.78, 5) is 19.5. The Balaban J connectivity index is 1.73. The van der Waals surface area contributed by atoms with Gasteiger partial charge in [0.05, 0.1) is 31.0 Å². The van der Waals surface area contributed by atoms with Crippen molar-refractivity contribution in [2.45, 2.75) is 26.5 Å². The minimum atomic E-state index is -0.427. The second-order valence-corrected chi connectivity index (χ2v) is 9.37. The van der Waals surface area contributed by atoms with Gasteiger partial charge in [0.2, 0.25) is 0 Å². The second kappa shape index (κ2) is 10.2. The Bertz CT molecular complexity index is 1180. The number of methoxy groups -OCH3 is 1. The SMILES string of the molecule is CCOC(=O)C1=C(C)N=C2SC=CN2[C@H]1c1cc(OC)c(OCc2ccccc2Cl)cc1Br. The van der Waals surface area contributed by atoms with Crippen LogP contribution in [0.2, 0.25) is 5.02 Å². The molecule has 0 N–H and O–H groups in total. The number of allylic oxidation sites excluding steroid dienone is 1. The molecular weight excluding hydrogens is 528 g/mol. The quantitative estimate of drug-likeness (QED) is 0.370. The monoisotopic (exact) mass is 548 g/mol. The number of fused-ring (bicyclic) bond motifs is 1. The molecule has 2 aliphatic rings. The Morgan fingerprint density at radius 3 is 2.79 bits per heavy atom. The number of amidine groups is 1. The van der Waals surface area contributed by atoms with E-state index in [2.05, 4.69) is 20.9 Å². The lowest BCUT2D eigenvalue weighted by molar-refractivity contribution is -0.139. The molecule has 4 rings (SSSR count). The largest absolute Gasteiger partial charge is 0.493 e. The van der Waals surface area contributed by atoms with Crippen molar-refractivity contribution >= 4 is 50.4 Å². The zero-order valence-electron chi connectivity index (χ0n) is 18.3. The number of carbonyl (C=O) groups is 1. The molecule has 33 heavy (non-hydrogen) atoms. The summed E-state index contributed by atoms with van der Waals surface area (Å²) < 4.78 is 17.8. The summed E-state index contributed by atoms with van der Waals surface area (Å²) in [7, 11) is 1.59. The third kappa shape index (κ3) is 4.78. The maximum Gasteiger partial charge on any atom is 0.338 e. The standard InChI is InChI=1S/C24H22BrClN2O4S/c1-4-31-23(29)21-14(2)27-24-28(9-10-33-24)22(21)16-11-19(30-3)20(12-17(16)25)32-13-15-7-5-6-8-18(15)26/h5-12,22H,4,13H2,1-3H3/t22-/m0/s1. The minimum absolute atomic E-state index is 0.281. The molecule has 0 bridgehead atoms. The zero-order chi connectivity index (χ0) is 23.5. The van der Waals surface area contributed by atoms with E-state index in [1.54, 1.807) is 14.0 Å². The predicted octanol–water partition coefficient (Wildman–Crippen LogP) is 6.46. The number of halogens is 2. The normalized spacial score (nSPS) is 17.1. The van der Waals surface area contributed by atoms with Gasteiger partial charge in [-0.05, 0) is 43.0 Å². The highest BCUT2D eigenvalue weighted by Gasteiger charge is 2.38. The maximum absolute atomic E-state index is 12.9. The first-order valence-electron chi connectivity index (χ1n) is 10.3.